The molecule has 1 aliphatic carbocycles. The number of hydrogen-bond donors (Lipinski definition) is 2. The maximum Gasteiger partial charge on any atom is 0.414 e. The van der Waals surface area contributed by atoms with Gasteiger partial charge in [0, 0.05) is 43.8 Å². The second kappa shape index (κ2) is 11.7. The number of piperazine rings is 1. The van der Waals surface area contributed by atoms with Gasteiger partial charge in [-0.05, 0) is 50.1 Å². The number of rotatable bonds is 8. The van der Waals surface area contributed by atoms with Crippen molar-refractivity contribution in [2.75, 3.05) is 60.6 Å². The molecule has 3 fully saturated rings. The summed E-state index contributed by atoms with van der Waals surface area (Å²) in [6.45, 7) is 3.59. The number of hydrogen-bond acceptors (Lipinski definition) is 8. The number of carboxylic acids is 1. The van der Waals surface area contributed by atoms with Gasteiger partial charge in [-0.1, -0.05) is 0 Å². The summed E-state index contributed by atoms with van der Waals surface area (Å²) in [5.41, 5.74) is 0.339. The Morgan fingerprint density at radius 1 is 1.02 bits per heavy atom. The first-order valence-corrected chi connectivity index (χ1v) is 14.4. The number of carbonyl (C=O) groups excluding carboxylic acids is 2. The third kappa shape index (κ3) is 5.58. The summed E-state index contributed by atoms with van der Waals surface area (Å²) in [6.07, 6.45) is 1.16. The third-order valence-electron chi connectivity index (χ3n) is 8.10. The van der Waals surface area contributed by atoms with E-state index in [0.717, 1.165) is 18.9 Å². The Hall–Kier alpha value is -4.88. The third-order valence-corrected chi connectivity index (χ3v) is 8.10. The molecule has 2 amide bonds. The zero-order valence-electron chi connectivity index (χ0n) is 23.9. The normalized spacial score (nSPS) is 18.5. The maximum absolute atomic E-state index is 15.3. The highest BCUT2D eigenvalue weighted by molar-refractivity contribution is 5.94. The number of amides is 2. The van der Waals surface area contributed by atoms with Crippen molar-refractivity contribution in [3.63, 3.8) is 0 Å². The van der Waals surface area contributed by atoms with Crippen molar-refractivity contribution in [1.29, 1.82) is 0 Å². The van der Waals surface area contributed by atoms with Gasteiger partial charge in [0.15, 0.2) is 0 Å². The molecule has 0 bridgehead atoms. The maximum atomic E-state index is 15.3. The van der Waals surface area contributed by atoms with Crippen LogP contribution in [0, 0.1) is 11.6 Å². The van der Waals surface area contributed by atoms with E-state index in [1.54, 1.807) is 29.7 Å². The monoisotopic (exact) mass is 611 g/mol. The number of nitrogens with zero attached hydrogens (tertiary/aromatic N) is 4. The van der Waals surface area contributed by atoms with Crippen LogP contribution in [0.4, 0.5) is 35.4 Å². The van der Waals surface area contributed by atoms with Crippen LogP contribution >= 0.6 is 0 Å². The molecular formula is C30H31F2N5O7. The summed E-state index contributed by atoms with van der Waals surface area (Å²) in [7, 11) is 0. The zero-order chi connectivity index (χ0) is 31.1. The SMILES string of the molecule is CCOC(=O)NC[C@H]1CN(c2ccc(N3CCN(c4cc5c(cc4F)c(=O)c(C(=O)O)cn5C4CC4)CC3)c(F)c2)C(=O)O1. The molecule has 12 nitrogen and oxygen atoms in total. The summed E-state index contributed by atoms with van der Waals surface area (Å²) in [5, 5.41) is 12.0. The van der Waals surface area contributed by atoms with Gasteiger partial charge >= 0.3 is 18.2 Å². The number of aromatic carboxylic acids is 1. The van der Waals surface area contributed by atoms with Crippen molar-refractivity contribution >= 4 is 46.1 Å². The predicted molar refractivity (Wildman–Crippen MR) is 157 cm³/mol. The highest BCUT2D eigenvalue weighted by Crippen LogP contribution is 2.38. The molecule has 2 saturated heterocycles. The second-order valence-corrected chi connectivity index (χ2v) is 11.0. The van der Waals surface area contributed by atoms with Gasteiger partial charge in [0.05, 0.1) is 42.3 Å². The van der Waals surface area contributed by atoms with E-state index in [4.69, 9.17) is 9.47 Å². The second-order valence-electron chi connectivity index (χ2n) is 11.0. The molecule has 0 radical (unpaired) electrons. The van der Waals surface area contributed by atoms with Crippen molar-refractivity contribution in [3.8, 4) is 0 Å². The first kappa shape index (κ1) is 29.2. The minimum Gasteiger partial charge on any atom is -0.477 e. The smallest absolute Gasteiger partial charge is 0.414 e. The number of nitrogens with one attached hydrogen (secondary N) is 1. The van der Waals surface area contributed by atoms with Crippen LogP contribution in [0.2, 0.25) is 0 Å². The number of halogens is 2. The van der Waals surface area contributed by atoms with E-state index in [1.807, 2.05) is 9.80 Å². The predicted octanol–water partition coefficient (Wildman–Crippen LogP) is 3.71. The lowest BCUT2D eigenvalue weighted by molar-refractivity contribution is 0.0694. The van der Waals surface area contributed by atoms with Gasteiger partial charge < -0.3 is 34.3 Å². The number of anilines is 3. The van der Waals surface area contributed by atoms with Crippen LogP contribution in [-0.4, -0.2) is 79.8 Å². The Labute approximate surface area is 250 Å². The largest absolute Gasteiger partial charge is 0.477 e. The number of pyridine rings is 1. The summed E-state index contributed by atoms with van der Waals surface area (Å²) < 4.78 is 42.5. The van der Waals surface area contributed by atoms with Crippen molar-refractivity contribution in [3.05, 3.63) is 63.9 Å². The quantitative estimate of drug-likeness (QED) is 0.391. The van der Waals surface area contributed by atoms with Crippen LogP contribution in [-0.2, 0) is 9.47 Å². The van der Waals surface area contributed by atoms with Gasteiger partial charge in [0.1, 0.15) is 23.3 Å². The number of carboxylic acid groups (broad SMARTS) is 1. The van der Waals surface area contributed by atoms with Crippen molar-refractivity contribution in [2.45, 2.75) is 31.9 Å². The Morgan fingerprint density at radius 2 is 1.70 bits per heavy atom. The van der Waals surface area contributed by atoms with Gasteiger partial charge in [-0.15, -0.1) is 0 Å². The minimum absolute atomic E-state index is 0.0299. The molecule has 2 aliphatic heterocycles. The van der Waals surface area contributed by atoms with Crippen LogP contribution in [0.3, 0.4) is 0 Å². The number of fused-ring (bicyclic) bond motifs is 1. The average Bonchev–Trinajstić information content (AvgIpc) is 3.77. The van der Waals surface area contributed by atoms with Crippen molar-refractivity contribution in [1.82, 2.24) is 9.88 Å². The highest BCUT2D eigenvalue weighted by atomic mass is 19.1. The summed E-state index contributed by atoms with van der Waals surface area (Å²) >= 11 is 0. The van der Waals surface area contributed by atoms with Crippen LogP contribution in [0.1, 0.15) is 36.2 Å². The fraction of sp³-hybridized carbons (Fsp3) is 0.400. The lowest BCUT2D eigenvalue weighted by Gasteiger charge is -2.37. The van der Waals surface area contributed by atoms with E-state index >= 15 is 8.78 Å². The van der Waals surface area contributed by atoms with Crippen LogP contribution in [0.15, 0.2) is 41.3 Å². The highest BCUT2D eigenvalue weighted by Gasteiger charge is 2.34. The van der Waals surface area contributed by atoms with Gasteiger partial charge in [-0.25, -0.2) is 23.2 Å². The van der Waals surface area contributed by atoms with Gasteiger partial charge in [-0.3, -0.25) is 9.69 Å². The van der Waals surface area contributed by atoms with Crippen molar-refractivity contribution in [2.24, 2.45) is 0 Å². The molecule has 6 rings (SSSR count). The van der Waals surface area contributed by atoms with Gasteiger partial charge in [0.2, 0.25) is 5.43 Å². The first-order valence-electron chi connectivity index (χ1n) is 14.4. The molecule has 3 aliphatic rings. The van der Waals surface area contributed by atoms with Crippen LogP contribution in [0.25, 0.3) is 10.9 Å². The molecule has 3 heterocycles. The molecule has 1 aromatic heterocycles. The number of ether oxygens (including phenoxy) is 2. The summed E-state index contributed by atoms with van der Waals surface area (Å²) in [4.78, 5) is 53.3. The standard InChI is InChI=1S/C30H31F2N5O7/c1-2-43-29(41)33-14-19-15-37(30(42)44-19)18-5-6-24(22(31)11-18)34-7-9-35(10-8-34)26-13-25-20(12-23(26)32)27(38)21(28(39)40)16-36(25)17-3-4-17/h5-6,11-13,16-17,19H,2-4,7-10,14-15H2,1H3,(H,33,41)(H,39,40)/t19-/m0/s1. The Kier molecular flexibility index (Phi) is 7.74. The molecule has 1 saturated carbocycles. The van der Waals surface area contributed by atoms with E-state index in [-0.39, 0.29) is 36.7 Å². The van der Waals surface area contributed by atoms with E-state index in [2.05, 4.69) is 5.32 Å². The van der Waals surface area contributed by atoms with Gasteiger partial charge in [0.25, 0.3) is 0 Å². The molecular weight excluding hydrogens is 580 g/mol. The fourth-order valence-electron chi connectivity index (χ4n) is 5.73. The molecule has 1 atom stereocenters. The molecule has 232 valence electrons. The number of cyclic esters (lactones) is 1. The Morgan fingerprint density at radius 3 is 2.34 bits per heavy atom. The molecule has 44 heavy (non-hydrogen) atoms. The number of benzene rings is 2. The molecule has 2 aromatic carbocycles. The lowest BCUT2D eigenvalue weighted by atomic mass is 10.1. The Balaban J connectivity index is 1.14. The molecule has 2 N–H and O–H groups in total. The van der Waals surface area contributed by atoms with Crippen LogP contribution < -0.4 is 25.4 Å². The first-order chi connectivity index (χ1) is 21.1. The van der Waals surface area contributed by atoms with E-state index < -0.39 is 41.3 Å². The Bertz CT molecular complexity index is 1700. The number of alkyl carbamates (subject to hydrolysis) is 1. The van der Waals surface area contributed by atoms with E-state index in [9.17, 15) is 24.3 Å². The van der Waals surface area contributed by atoms with E-state index in [0.29, 0.717) is 48.8 Å². The summed E-state index contributed by atoms with van der Waals surface area (Å²) in [6, 6.07) is 7.25. The summed E-state index contributed by atoms with van der Waals surface area (Å²) in [5.74, 6) is -2.51. The number of aromatic nitrogens is 1. The average molecular weight is 612 g/mol. The molecule has 0 spiro atoms. The topological polar surface area (TPSA) is 134 Å². The lowest BCUT2D eigenvalue weighted by Crippen LogP contribution is -2.47. The molecule has 3 aromatic rings. The van der Waals surface area contributed by atoms with Crippen LogP contribution in [0.5, 0.6) is 0 Å². The molecule has 14 heteroatoms. The zero-order valence-corrected chi connectivity index (χ0v) is 23.9. The van der Waals surface area contributed by atoms with Gasteiger partial charge in [-0.2, -0.15) is 0 Å². The van der Waals surface area contributed by atoms with Crippen molar-refractivity contribution < 1.29 is 37.7 Å². The minimum atomic E-state index is -1.35. The molecule has 0 unspecified atom stereocenters. The number of carbonyl (C=O) groups is 3. The fourth-order valence-corrected chi connectivity index (χ4v) is 5.73. The van der Waals surface area contributed by atoms with E-state index in [1.165, 1.54) is 17.2 Å².